The monoisotopic (exact) mass is 314 g/mol. The van der Waals surface area contributed by atoms with Crippen LogP contribution in [0.3, 0.4) is 0 Å². The highest BCUT2D eigenvalue weighted by atomic mass is 16.6. The Bertz CT molecular complexity index is 728. The number of amides is 1. The number of benzene rings is 2. The molecule has 23 heavy (non-hydrogen) atoms. The molecule has 0 aromatic heterocycles. The second kappa shape index (κ2) is 7.40. The second-order valence-electron chi connectivity index (χ2n) is 5.11. The molecule has 0 saturated carbocycles. The van der Waals surface area contributed by atoms with Gasteiger partial charge in [0.05, 0.1) is 11.5 Å². The second-order valence-corrected chi connectivity index (χ2v) is 5.11. The topological polar surface area (TPSA) is 81.5 Å². The highest BCUT2D eigenvalue weighted by molar-refractivity contribution is 5.94. The molecule has 120 valence electrons. The van der Waals surface area contributed by atoms with Gasteiger partial charge in [-0.25, -0.2) is 0 Å². The zero-order valence-electron chi connectivity index (χ0n) is 13.0. The predicted octanol–water partition coefficient (Wildman–Crippen LogP) is 3.02. The van der Waals surface area contributed by atoms with Crippen LogP contribution in [0.15, 0.2) is 42.5 Å². The van der Waals surface area contributed by atoms with Crippen LogP contribution in [0.5, 0.6) is 5.75 Å². The summed E-state index contributed by atoms with van der Waals surface area (Å²) in [5.74, 6) is 0.424. The summed E-state index contributed by atoms with van der Waals surface area (Å²) < 4.78 is 5.64. The smallest absolute Gasteiger partial charge is 0.270 e. The third-order valence-corrected chi connectivity index (χ3v) is 3.52. The van der Waals surface area contributed by atoms with Crippen molar-refractivity contribution < 1.29 is 14.5 Å². The van der Waals surface area contributed by atoms with Crippen molar-refractivity contribution in [2.75, 3.05) is 13.2 Å². The van der Waals surface area contributed by atoms with Gasteiger partial charge in [0.1, 0.15) is 12.4 Å². The van der Waals surface area contributed by atoms with Crippen molar-refractivity contribution in [3.8, 4) is 5.75 Å². The number of carbonyl (C=O) groups excluding carboxylic acids is 1. The molecule has 1 N–H and O–H groups in total. The molecule has 0 fully saturated rings. The Morgan fingerprint density at radius 2 is 1.96 bits per heavy atom. The molecule has 0 spiro atoms. The molecule has 0 aliphatic rings. The minimum Gasteiger partial charge on any atom is -0.491 e. The van der Waals surface area contributed by atoms with Crippen LogP contribution in [0.4, 0.5) is 5.69 Å². The van der Waals surface area contributed by atoms with E-state index < -0.39 is 4.92 Å². The molecule has 0 bridgehead atoms. The van der Waals surface area contributed by atoms with Crippen LogP contribution in [0, 0.1) is 24.0 Å². The van der Waals surface area contributed by atoms with Crippen molar-refractivity contribution >= 4 is 11.6 Å². The highest BCUT2D eigenvalue weighted by Gasteiger charge is 2.11. The third-order valence-electron chi connectivity index (χ3n) is 3.52. The molecule has 2 aromatic rings. The Labute approximate surface area is 134 Å². The Hall–Kier alpha value is -2.89. The van der Waals surface area contributed by atoms with Gasteiger partial charge in [-0.05, 0) is 37.1 Å². The van der Waals surface area contributed by atoms with Gasteiger partial charge in [-0.2, -0.15) is 0 Å². The van der Waals surface area contributed by atoms with Gasteiger partial charge < -0.3 is 10.1 Å². The third kappa shape index (κ3) is 4.29. The van der Waals surface area contributed by atoms with E-state index in [0.717, 1.165) is 16.9 Å². The average Bonchev–Trinajstić information content (AvgIpc) is 2.55. The number of hydrogen-bond acceptors (Lipinski definition) is 4. The molecule has 0 atom stereocenters. The molecular formula is C17H18N2O4. The molecule has 0 unspecified atom stereocenters. The lowest BCUT2D eigenvalue weighted by molar-refractivity contribution is -0.384. The standard InChI is InChI=1S/C17H18N2O4/c1-12-5-3-8-16(13(12)2)23-10-9-18-17(20)14-6-4-7-15(11-14)19(21)22/h3-8,11H,9-10H2,1-2H3,(H,18,20). The number of nitro benzene ring substituents is 1. The molecule has 0 heterocycles. The number of aryl methyl sites for hydroxylation is 1. The minimum atomic E-state index is -0.527. The molecule has 0 saturated heterocycles. The van der Waals surface area contributed by atoms with Crippen molar-refractivity contribution in [1.82, 2.24) is 5.32 Å². The van der Waals surface area contributed by atoms with E-state index in [2.05, 4.69) is 5.32 Å². The normalized spacial score (nSPS) is 10.2. The van der Waals surface area contributed by atoms with Gasteiger partial charge in [-0.3, -0.25) is 14.9 Å². The first-order valence-electron chi connectivity index (χ1n) is 7.20. The first-order valence-corrected chi connectivity index (χ1v) is 7.20. The molecule has 0 aliphatic carbocycles. The van der Waals surface area contributed by atoms with Gasteiger partial charge in [0.25, 0.3) is 11.6 Å². The summed E-state index contributed by atoms with van der Waals surface area (Å²) in [5.41, 5.74) is 2.36. The van der Waals surface area contributed by atoms with E-state index in [0.29, 0.717) is 13.2 Å². The largest absolute Gasteiger partial charge is 0.491 e. The predicted molar refractivity (Wildman–Crippen MR) is 86.8 cm³/mol. The molecular weight excluding hydrogens is 296 g/mol. The number of nitrogens with one attached hydrogen (secondary N) is 1. The maximum absolute atomic E-state index is 12.0. The fourth-order valence-corrected chi connectivity index (χ4v) is 2.07. The molecule has 0 radical (unpaired) electrons. The summed E-state index contributed by atoms with van der Waals surface area (Å²) >= 11 is 0. The molecule has 0 aliphatic heterocycles. The molecule has 2 aromatic carbocycles. The Balaban J connectivity index is 1.86. The van der Waals surface area contributed by atoms with Crippen molar-refractivity contribution in [1.29, 1.82) is 0 Å². The van der Waals surface area contributed by atoms with Crippen LogP contribution >= 0.6 is 0 Å². The summed E-state index contributed by atoms with van der Waals surface area (Å²) in [5, 5.41) is 13.4. The fourth-order valence-electron chi connectivity index (χ4n) is 2.07. The van der Waals surface area contributed by atoms with E-state index >= 15 is 0 Å². The van der Waals surface area contributed by atoms with E-state index in [1.165, 1.54) is 24.3 Å². The molecule has 1 amide bonds. The van der Waals surface area contributed by atoms with Gasteiger partial charge in [0.15, 0.2) is 0 Å². The SMILES string of the molecule is Cc1cccc(OCCNC(=O)c2cccc([N+](=O)[O-])c2)c1C. The number of rotatable bonds is 6. The Morgan fingerprint density at radius 1 is 1.22 bits per heavy atom. The van der Waals surface area contributed by atoms with Crippen LogP contribution in [-0.4, -0.2) is 24.0 Å². The zero-order chi connectivity index (χ0) is 16.8. The summed E-state index contributed by atoms with van der Waals surface area (Å²) in [6.45, 7) is 4.62. The van der Waals surface area contributed by atoms with E-state index in [4.69, 9.17) is 4.74 Å². The van der Waals surface area contributed by atoms with Crippen molar-refractivity contribution in [3.63, 3.8) is 0 Å². The number of nitrogens with zero attached hydrogens (tertiary/aromatic N) is 1. The maximum atomic E-state index is 12.0. The summed E-state index contributed by atoms with van der Waals surface area (Å²) in [6, 6.07) is 11.4. The number of nitro groups is 1. The Kier molecular flexibility index (Phi) is 5.30. The van der Waals surface area contributed by atoms with E-state index in [9.17, 15) is 14.9 Å². The summed E-state index contributed by atoms with van der Waals surface area (Å²) in [7, 11) is 0. The van der Waals surface area contributed by atoms with Gasteiger partial charge in [-0.15, -0.1) is 0 Å². The number of non-ortho nitro benzene ring substituents is 1. The molecule has 6 heteroatoms. The number of carbonyl (C=O) groups is 1. The highest BCUT2D eigenvalue weighted by Crippen LogP contribution is 2.20. The summed E-state index contributed by atoms with van der Waals surface area (Å²) in [6.07, 6.45) is 0. The average molecular weight is 314 g/mol. The van der Waals surface area contributed by atoms with Gasteiger partial charge in [0, 0.05) is 17.7 Å². The lowest BCUT2D eigenvalue weighted by atomic mass is 10.1. The number of ether oxygens (including phenoxy) is 1. The minimum absolute atomic E-state index is 0.107. The van der Waals surface area contributed by atoms with Crippen LogP contribution in [0.1, 0.15) is 21.5 Å². The summed E-state index contributed by atoms with van der Waals surface area (Å²) in [4.78, 5) is 22.1. The number of hydrogen-bond donors (Lipinski definition) is 1. The fraction of sp³-hybridized carbons (Fsp3) is 0.235. The van der Waals surface area contributed by atoms with Gasteiger partial charge in [-0.1, -0.05) is 18.2 Å². The Morgan fingerprint density at radius 3 is 2.70 bits per heavy atom. The van der Waals surface area contributed by atoms with Crippen molar-refractivity contribution in [2.24, 2.45) is 0 Å². The quantitative estimate of drug-likeness (QED) is 0.505. The maximum Gasteiger partial charge on any atom is 0.270 e. The van der Waals surface area contributed by atoms with Gasteiger partial charge >= 0.3 is 0 Å². The molecule has 6 nitrogen and oxygen atoms in total. The van der Waals surface area contributed by atoms with Crippen LogP contribution in [0.25, 0.3) is 0 Å². The first-order chi connectivity index (χ1) is 11.0. The lowest BCUT2D eigenvalue weighted by Crippen LogP contribution is -2.28. The van der Waals surface area contributed by atoms with Crippen LogP contribution in [-0.2, 0) is 0 Å². The van der Waals surface area contributed by atoms with Crippen LogP contribution < -0.4 is 10.1 Å². The zero-order valence-corrected chi connectivity index (χ0v) is 13.0. The van der Waals surface area contributed by atoms with Crippen molar-refractivity contribution in [3.05, 3.63) is 69.3 Å². The van der Waals surface area contributed by atoms with E-state index in [1.807, 2.05) is 32.0 Å². The van der Waals surface area contributed by atoms with E-state index in [1.54, 1.807) is 0 Å². The first kappa shape index (κ1) is 16.5. The molecule has 2 rings (SSSR count). The van der Waals surface area contributed by atoms with Crippen LogP contribution in [0.2, 0.25) is 0 Å². The van der Waals surface area contributed by atoms with Crippen molar-refractivity contribution in [2.45, 2.75) is 13.8 Å². The van der Waals surface area contributed by atoms with Gasteiger partial charge in [0.2, 0.25) is 0 Å². The lowest BCUT2D eigenvalue weighted by Gasteiger charge is -2.11. The van der Waals surface area contributed by atoms with E-state index in [-0.39, 0.29) is 17.2 Å².